The van der Waals surface area contributed by atoms with Gasteiger partial charge in [0.1, 0.15) is 0 Å². The molecule has 0 saturated carbocycles. The molecule has 174 valence electrons. The van der Waals surface area contributed by atoms with Crippen molar-refractivity contribution in [2.45, 2.75) is 39.2 Å². The fourth-order valence-electron chi connectivity index (χ4n) is 4.52. The van der Waals surface area contributed by atoms with Gasteiger partial charge in [-0.3, -0.25) is 9.36 Å². The molecule has 0 spiro atoms. The molecule has 0 radical (unpaired) electrons. The summed E-state index contributed by atoms with van der Waals surface area (Å²) in [6.45, 7) is 5.89. The number of amidine groups is 1. The second-order valence-electron chi connectivity index (χ2n) is 8.61. The molecular formula is C24H32N8O. The van der Waals surface area contributed by atoms with Crippen LogP contribution in [-0.2, 0) is 7.05 Å². The first kappa shape index (κ1) is 22.6. The van der Waals surface area contributed by atoms with Crippen molar-refractivity contribution in [2.75, 3.05) is 23.3 Å². The fraction of sp³-hybridized carbons (Fsp3) is 0.375. The molecule has 1 aliphatic rings. The van der Waals surface area contributed by atoms with E-state index >= 15 is 0 Å². The number of hydrogen-bond acceptors (Lipinski definition) is 7. The van der Waals surface area contributed by atoms with E-state index in [2.05, 4.69) is 33.8 Å². The van der Waals surface area contributed by atoms with Crippen molar-refractivity contribution in [3.05, 3.63) is 63.4 Å². The average Bonchev–Trinajstić information content (AvgIpc) is 2.82. The van der Waals surface area contributed by atoms with Gasteiger partial charge in [-0.05, 0) is 56.9 Å². The Morgan fingerprint density at radius 3 is 2.64 bits per heavy atom. The van der Waals surface area contributed by atoms with E-state index in [-0.39, 0.29) is 17.4 Å². The number of benzene rings is 2. The highest BCUT2D eigenvalue weighted by Crippen LogP contribution is 2.29. The first-order valence-electron chi connectivity index (χ1n) is 11.3. The fourth-order valence-corrected chi connectivity index (χ4v) is 4.52. The third-order valence-electron chi connectivity index (χ3n) is 6.20. The highest BCUT2D eigenvalue weighted by atomic mass is 16.1. The van der Waals surface area contributed by atoms with Gasteiger partial charge in [0, 0.05) is 37.0 Å². The van der Waals surface area contributed by atoms with E-state index in [0.717, 1.165) is 59.8 Å². The second kappa shape index (κ2) is 9.50. The number of hydrogen-bond donors (Lipinski definition) is 4. The number of aryl methyl sites for hydroxylation is 1. The van der Waals surface area contributed by atoms with Crippen LogP contribution in [0.2, 0.25) is 0 Å². The molecule has 3 aromatic rings. The van der Waals surface area contributed by atoms with Crippen LogP contribution in [0.3, 0.4) is 0 Å². The van der Waals surface area contributed by atoms with Gasteiger partial charge in [0.2, 0.25) is 5.95 Å². The minimum Gasteiger partial charge on any atom is -0.382 e. The van der Waals surface area contributed by atoms with Crippen LogP contribution in [0.15, 0.2) is 46.3 Å². The third-order valence-corrected chi connectivity index (χ3v) is 6.20. The lowest BCUT2D eigenvalue weighted by atomic mass is 10.0. The lowest BCUT2D eigenvalue weighted by molar-refractivity contribution is 0.558. The summed E-state index contributed by atoms with van der Waals surface area (Å²) >= 11 is 0. The van der Waals surface area contributed by atoms with Crippen LogP contribution in [0.4, 0.5) is 11.6 Å². The second-order valence-corrected chi connectivity index (χ2v) is 8.61. The van der Waals surface area contributed by atoms with E-state index in [9.17, 15) is 4.79 Å². The van der Waals surface area contributed by atoms with Gasteiger partial charge in [0.05, 0.1) is 16.9 Å². The molecule has 1 aromatic heterocycles. The van der Waals surface area contributed by atoms with Crippen molar-refractivity contribution < 1.29 is 0 Å². The van der Waals surface area contributed by atoms with Crippen molar-refractivity contribution in [1.29, 1.82) is 0 Å². The molecule has 33 heavy (non-hydrogen) atoms. The summed E-state index contributed by atoms with van der Waals surface area (Å²) in [5.41, 5.74) is 12.5. The van der Waals surface area contributed by atoms with Gasteiger partial charge >= 0.3 is 0 Å². The number of hydrazone groups is 1. The minimum atomic E-state index is -0.138. The number of nitrogens with zero attached hydrogens (tertiary/aromatic N) is 4. The van der Waals surface area contributed by atoms with Gasteiger partial charge in [0.15, 0.2) is 5.84 Å². The number of hydrazine groups is 1. The molecule has 6 N–H and O–H groups in total. The van der Waals surface area contributed by atoms with Gasteiger partial charge in [-0.15, -0.1) is 5.10 Å². The predicted octanol–water partition coefficient (Wildman–Crippen LogP) is 2.49. The quantitative estimate of drug-likeness (QED) is 0.197. The van der Waals surface area contributed by atoms with E-state index < -0.39 is 0 Å². The van der Waals surface area contributed by atoms with E-state index in [1.165, 1.54) is 6.42 Å². The highest BCUT2D eigenvalue weighted by Gasteiger charge is 2.21. The van der Waals surface area contributed by atoms with Crippen LogP contribution in [0, 0.1) is 6.92 Å². The highest BCUT2D eigenvalue weighted by molar-refractivity contribution is 6.02. The lowest BCUT2D eigenvalue weighted by Crippen LogP contribution is -2.35. The topological polar surface area (TPSA) is 127 Å². The molecule has 1 saturated heterocycles. The zero-order chi connectivity index (χ0) is 23.5. The number of nitrogens with one attached hydrogen (secondary N) is 2. The van der Waals surface area contributed by atoms with E-state index in [4.69, 9.17) is 16.6 Å². The molecule has 0 aliphatic carbocycles. The van der Waals surface area contributed by atoms with Crippen LogP contribution in [0.1, 0.15) is 48.9 Å². The summed E-state index contributed by atoms with van der Waals surface area (Å²) in [7, 11) is 1.81. The molecule has 9 heteroatoms. The zero-order valence-electron chi connectivity index (χ0n) is 19.4. The lowest BCUT2D eigenvalue weighted by Gasteiger charge is -2.29. The number of piperidine rings is 1. The largest absolute Gasteiger partial charge is 0.382 e. The summed E-state index contributed by atoms with van der Waals surface area (Å²) in [5, 5.41) is 8.06. The van der Waals surface area contributed by atoms with Crippen LogP contribution < -0.4 is 32.9 Å². The van der Waals surface area contributed by atoms with Gasteiger partial charge in [-0.1, -0.05) is 18.2 Å². The van der Waals surface area contributed by atoms with Crippen LogP contribution >= 0.6 is 0 Å². The Morgan fingerprint density at radius 2 is 1.91 bits per heavy atom. The SMILES string of the molecule is Cc1cc(C(C)Nc2ccccc2/C(N)=N/NN)c2nc(N3CCCCC3)n(C)c(=O)c2c1. The monoisotopic (exact) mass is 448 g/mol. The molecule has 2 aromatic carbocycles. The van der Waals surface area contributed by atoms with E-state index in [1.807, 2.05) is 44.3 Å². The molecule has 1 aliphatic heterocycles. The molecule has 1 fully saturated rings. The maximum Gasteiger partial charge on any atom is 0.262 e. The molecule has 9 nitrogen and oxygen atoms in total. The van der Waals surface area contributed by atoms with Crippen molar-refractivity contribution in [3.63, 3.8) is 0 Å². The van der Waals surface area contributed by atoms with E-state index in [0.29, 0.717) is 5.39 Å². The molecule has 4 rings (SSSR count). The number of nitrogens with two attached hydrogens (primary N) is 2. The molecular weight excluding hydrogens is 416 g/mol. The Hall–Kier alpha value is -3.59. The van der Waals surface area contributed by atoms with Crippen molar-refractivity contribution >= 4 is 28.4 Å². The zero-order valence-corrected chi connectivity index (χ0v) is 19.4. The third kappa shape index (κ3) is 4.49. The molecule has 0 bridgehead atoms. The maximum absolute atomic E-state index is 13.3. The van der Waals surface area contributed by atoms with Crippen molar-refractivity contribution in [3.8, 4) is 0 Å². The Balaban J connectivity index is 1.80. The number of rotatable bonds is 6. The Kier molecular flexibility index (Phi) is 6.50. The van der Waals surface area contributed by atoms with Gasteiger partial charge in [0.25, 0.3) is 5.56 Å². The Morgan fingerprint density at radius 1 is 1.18 bits per heavy atom. The summed E-state index contributed by atoms with van der Waals surface area (Å²) in [6.07, 6.45) is 3.45. The van der Waals surface area contributed by atoms with Gasteiger partial charge in [-0.2, -0.15) is 0 Å². The van der Waals surface area contributed by atoms with E-state index in [1.54, 1.807) is 4.57 Å². The first-order valence-corrected chi connectivity index (χ1v) is 11.3. The van der Waals surface area contributed by atoms with Gasteiger partial charge in [-0.25, -0.2) is 16.4 Å². The Labute approximate surface area is 193 Å². The normalized spacial score (nSPS) is 15.5. The molecule has 0 amide bonds. The number of anilines is 2. The van der Waals surface area contributed by atoms with Gasteiger partial charge < -0.3 is 16.0 Å². The molecule has 1 unspecified atom stereocenters. The van der Waals surface area contributed by atoms with Crippen LogP contribution in [0.5, 0.6) is 0 Å². The maximum atomic E-state index is 13.3. The molecule has 1 atom stereocenters. The minimum absolute atomic E-state index is 0.0245. The average molecular weight is 449 g/mol. The first-order chi connectivity index (χ1) is 15.9. The van der Waals surface area contributed by atoms with Crippen molar-refractivity contribution in [2.24, 2.45) is 23.7 Å². The smallest absolute Gasteiger partial charge is 0.262 e. The summed E-state index contributed by atoms with van der Waals surface area (Å²) in [5.74, 6) is 6.32. The Bertz CT molecular complexity index is 1240. The number of fused-ring (bicyclic) bond motifs is 1. The summed E-state index contributed by atoms with van der Waals surface area (Å²) in [6, 6.07) is 11.5. The molecule has 2 heterocycles. The standard InChI is InChI=1S/C24H32N8O/c1-15-13-18(16(2)27-20-10-6-5-9-17(20)22(25)29-30-26)21-19(14-15)23(33)31(3)24(28-21)32-11-7-4-8-12-32/h5-6,9-10,13-14,16,27,30H,4,7-8,11-12,26H2,1-3H3,(H2,25,29). The van der Waals surface area contributed by atoms with Crippen LogP contribution in [-0.4, -0.2) is 28.5 Å². The van der Waals surface area contributed by atoms with Crippen LogP contribution in [0.25, 0.3) is 10.9 Å². The van der Waals surface area contributed by atoms with Crippen molar-refractivity contribution in [1.82, 2.24) is 15.1 Å². The number of para-hydroxylation sites is 1. The predicted molar refractivity (Wildman–Crippen MR) is 134 cm³/mol. The number of aromatic nitrogens is 2. The summed E-state index contributed by atoms with van der Waals surface area (Å²) in [4.78, 5) is 20.6. The summed E-state index contributed by atoms with van der Waals surface area (Å²) < 4.78 is 1.68.